The van der Waals surface area contributed by atoms with Gasteiger partial charge in [0.2, 0.25) is 11.7 Å². The number of methoxy groups -OCH3 is 1. The van der Waals surface area contributed by atoms with Crippen LogP contribution in [0.25, 0.3) is 0 Å². The molecule has 3 rings (SSSR count). The number of hydrogen-bond donors (Lipinski definition) is 0. The van der Waals surface area contributed by atoms with E-state index in [1.807, 2.05) is 0 Å². The first kappa shape index (κ1) is 24.5. The number of sulfone groups is 1. The quantitative estimate of drug-likeness (QED) is 0.363. The van der Waals surface area contributed by atoms with E-state index in [1.54, 1.807) is 45.0 Å². The maximum atomic E-state index is 13.4. The summed E-state index contributed by atoms with van der Waals surface area (Å²) in [5, 5.41) is 4.16. The van der Waals surface area contributed by atoms with Crippen LogP contribution in [0.1, 0.15) is 44.3 Å². The fourth-order valence-corrected chi connectivity index (χ4v) is 5.15. The van der Waals surface area contributed by atoms with Gasteiger partial charge in [0.15, 0.2) is 9.84 Å². The van der Waals surface area contributed by atoms with Crippen molar-refractivity contribution in [3.8, 4) is 11.6 Å². The Morgan fingerprint density at radius 1 is 1.12 bits per heavy atom. The highest BCUT2D eigenvalue weighted by Gasteiger charge is 2.27. The van der Waals surface area contributed by atoms with Gasteiger partial charge in [-0.3, -0.25) is 4.79 Å². The van der Waals surface area contributed by atoms with Crippen molar-refractivity contribution in [1.82, 2.24) is 9.78 Å². The lowest BCUT2D eigenvalue weighted by molar-refractivity contribution is 0.0716. The minimum Gasteiger partial charge on any atom is -0.497 e. The molecule has 0 atom stereocenters. The van der Waals surface area contributed by atoms with Gasteiger partial charge in [-0.05, 0) is 62.2 Å². The molecule has 10 heteroatoms. The van der Waals surface area contributed by atoms with E-state index in [0.29, 0.717) is 17.9 Å². The Balaban J connectivity index is 2.04. The number of carbonyl (C=O) groups excluding carboxylic acids is 2. The Morgan fingerprint density at radius 3 is 2.30 bits per heavy atom. The second-order valence-electron chi connectivity index (χ2n) is 7.41. The maximum absolute atomic E-state index is 13.4. The number of aryl methyl sites for hydroxylation is 2. The van der Waals surface area contributed by atoms with Gasteiger partial charge in [-0.25, -0.2) is 17.9 Å². The highest BCUT2D eigenvalue weighted by atomic mass is 35.5. The van der Waals surface area contributed by atoms with Crippen LogP contribution in [0.15, 0.2) is 41.4 Å². The molecular formula is C23H23ClN2O6S. The maximum Gasteiger partial charge on any atom is 0.344 e. The standard InChI is InChI=1S/C23H23ClN2O6S/c1-6-26-22(32-23(28)15-7-9-16(31-4)10-8-15)18(12-25-26)20(27)17-11-13(2)21(33(5,29)30)14(3)19(17)24/h7-12H,6H2,1-5H3. The SMILES string of the molecule is CCn1ncc(C(=O)c2cc(C)c(S(C)(=O)=O)c(C)c2Cl)c1OC(=O)c1ccc(OC)cc1. The molecule has 0 bridgehead atoms. The molecule has 2 aromatic carbocycles. The summed E-state index contributed by atoms with van der Waals surface area (Å²) in [4.78, 5) is 26.2. The van der Waals surface area contributed by atoms with Gasteiger partial charge in [-0.15, -0.1) is 0 Å². The number of rotatable bonds is 7. The summed E-state index contributed by atoms with van der Waals surface area (Å²) >= 11 is 6.41. The fourth-order valence-electron chi connectivity index (χ4n) is 3.56. The molecule has 3 aromatic rings. The molecule has 0 aliphatic carbocycles. The second kappa shape index (κ2) is 9.36. The van der Waals surface area contributed by atoms with Gasteiger partial charge in [0.05, 0.1) is 28.8 Å². The molecular weight excluding hydrogens is 468 g/mol. The monoisotopic (exact) mass is 490 g/mol. The third-order valence-corrected chi connectivity index (χ3v) is 6.95. The average Bonchev–Trinajstić information content (AvgIpc) is 3.17. The Morgan fingerprint density at radius 2 is 1.76 bits per heavy atom. The molecule has 0 saturated carbocycles. The van der Waals surface area contributed by atoms with E-state index < -0.39 is 21.6 Å². The van der Waals surface area contributed by atoms with Crippen LogP contribution < -0.4 is 9.47 Å². The smallest absolute Gasteiger partial charge is 0.344 e. The van der Waals surface area contributed by atoms with E-state index in [4.69, 9.17) is 21.1 Å². The van der Waals surface area contributed by atoms with Gasteiger partial charge >= 0.3 is 5.97 Å². The molecule has 0 radical (unpaired) electrons. The summed E-state index contributed by atoms with van der Waals surface area (Å²) in [6, 6.07) is 7.75. The summed E-state index contributed by atoms with van der Waals surface area (Å²) in [5.41, 5.74) is 1.06. The molecule has 0 amide bonds. The Hall–Kier alpha value is -3.17. The number of esters is 1. The number of hydrogen-bond acceptors (Lipinski definition) is 7. The number of ether oxygens (including phenoxy) is 2. The van der Waals surface area contributed by atoms with E-state index in [0.717, 1.165) is 6.26 Å². The van der Waals surface area contributed by atoms with Crippen molar-refractivity contribution in [3.63, 3.8) is 0 Å². The summed E-state index contributed by atoms with van der Waals surface area (Å²) in [6.45, 7) is 5.27. The summed E-state index contributed by atoms with van der Waals surface area (Å²) in [7, 11) is -2.03. The van der Waals surface area contributed by atoms with Crippen LogP contribution in [0.2, 0.25) is 5.02 Å². The minimum absolute atomic E-state index is 0.0164. The molecule has 0 aliphatic heterocycles. The lowest BCUT2D eigenvalue weighted by Crippen LogP contribution is -2.15. The van der Waals surface area contributed by atoms with Crippen LogP contribution in [0.5, 0.6) is 11.6 Å². The minimum atomic E-state index is -3.54. The Labute approximate surface area is 197 Å². The van der Waals surface area contributed by atoms with E-state index in [9.17, 15) is 18.0 Å². The first-order chi connectivity index (χ1) is 15.5. The molecule has 0 unspecified atom stereocenters. The third kappa shape index (κ3) is 4.79. The van der Waals surface area contributed by atoms with Gasteiger partial charge in [0, 0.05) is 18.4 Å². The summed E-state index contributed by atoms with van der Waals surface area (Å²) in [5.74, 6) is -0.655. The van der Waals surface area contributed by atoms with Gasteiger partial charge in [0.25, 0.3) is 0 Å². The molecule has 8 nitrogen and oxygen atoms in total. The molecule has 1 aromatic heterocycles. The van der Waals surface area contributed by atoms with Gasteiger partial charge in [-0.2, -0.15) is 5.10 Å². The number of halogens is 1. The van der Waals surface area contributed by atoms with Crippen LogP contribution in [0.4, 0.5) is 0 Å². The number of nitrogens with zero attached hydrogens (tertiary/aromatic N) is 2. The van der Waals surface area contributed by atoms with Crippen molar-refractivity contribution >= 4 is 33.2 Å². The van der Waals surface area contributed by atoms with Crippen LogP contribution in [0, 0.1) is 13.8 Å². The molecule has 0 saturated heterocycles. The highest BCUT2D eigenvalue weighted by Crippen LogP contribution is 2.33. The first-order valence-corrected chi connectivity index (χ1v) is 12.2. The predicted octanol–water partition coefficient (Wildman–Crippen LogP) is 4.04. The predicted molar refractivity (Wildman–Crippen MR) is 123 cm³/mol. The second-order valence-corrected chi connectivity index (χ2v) is 9.74. The highest BCUT2D eigenvalue weighted by molar-refractivity contribution is 7.90. The van der Waals surface area contributed by atoms with Crippen molar-refractivity contribution in [3.05, 3.63) is 69.4 Å². The molecule has 0 fully saturated rings. The van der Waals surface area contributed by atoms with Crippen molar-refractivity contribution in [2.24, 2.45) is 0 Å². The zero-order valence-corrected chi connectivity index (χ0v) is 20.4. The van der Waals surface area contributed by atoms with Crippen molar-refractivity contribution in [2.45, 2.75) is 32.2 Å². The summed E-state index contributed by atoms with van der Waals surface area (Å²) < 4.78 is 36.3. The average molecular weight is 491 g/mol. The molecule has 0 spiro atoms. The van der Waals surface area contributed by atoms with E-state index in [1.165, 1.54) is 24.1 Å². The number of carbonyl (C=O) groups is 2. The van der Waals surface area contributed by atoms with Gasteiger partial charge in [0.1, 0.15) is 11.3 Å². The number of benzene rings is 2. The molecule has 1 heterocycles. The molecule has 174 valence electrons. The fraction of sp³-hybridized carbons (Fsp3) is 0.261. The van der Waals surface area contributed by atoms with Crippen LogP contribution in [-0.4, -0.2) is 43.3 Å². The van der Waals surface area contributed by atoms with Crippen LogP contribution in [-0.2, 0) is 16.4 Å². The molecule has 0 aliphatic rings. The largest absolute Gasteiger partial charge is 0.497 e. The summed E-state index contributed by atoms with van der Waals surface area (Å²) in [6.07, 6.45) is 2.39. The Kier molecular flexibility index (Phi) is 6.94. The van der Waals surface area contributed by atoms with E-state index in [2.05, 4.69) is 5.10 Å². The van der Waals surface area contributed by atoms with Crippen molar-refractivity contribution in [2.75, 3.05) is 13.4 Å². The number of ketones is 1. The number of aromatic nitrogens is 2. The van der Waals surface area contributed by atoms with Crippen molar-refractivity contribution in [1.29, 1.82) is 0 Å². The van der Waals surface area contributed by atoms with Gasteiger partial charge < -0.3 is 9.47 Å². The lowest BCUT2D eigenvalue weighted by atomic mass is 10.0. The van der Waals surface area contributed by atoms with Crippen LogP contribution in [0.3, 0.4) is 0 Å². The zero-order valence-electron chi connectivity index (χ0n) is 18.8. The third-order valence-electron chi connectivity index (χ3n) is 5.09. The Bertz CT molecular complexity index is 1340. The lowest BCUT2D eigenvalue weighted by Gasteiger charge is -2.14. The van der Waals surface area contributed by atoms with Crippen LogP contribution >= 0.6 is 11.6 Å². The molecule has 33 heavy (non-hydrogen) atoms. The topological polar surface area (TPSA) is 105 Å². The normalized spacial score (nSPS) is 11.3. The molecule has 0 N–H and O–H groups in total. The first-order valence-electron chi connectivity index (χ1n) is 9.96. The van der Waals surface area contributed by atoms with Crippen molar-refractivity contribution < 1.29 is 27.5 Å². The zero-order chi connectivity index (χ0) is 24.5. The van der Waals surface area contributed by atoms with Gasteiger partial charge in [-0.1, -0.05) is 11.6 Å². The van der Waals surface area contributed by atoms with E-state index in [-0.39, 0.29) is 38.1 Å². The van der Waals surface area contributed by atoms with E-state index >= 15 is 0 Å².